The summed E-state index contributed by atoms with van der Waals surface area (Å²) in [4.78, 5) is 50.8. The van der Waals surface area contributed by atoms with Crippen LogP contribution in [0.4, 0.5) is 14.6 Å². The number of benzene rings is 2. The van der Waals surface area contributed by atoms with Gasteiger partial charge < -0.3 is 14.5 Å². The molecule has 1 fully saturated rings. The fourth-order valence-corrected chi connectivity index (χ4v) is 6.95. The highest BCUT2D eigenvalue weighted by atomic mass is 32.2. The number of aryl methyl sites for hydroxylation is 1. The van der Waals surface area contributed by atoms with Crippen LogP contribution in [-0.4, -0.2) is 81.0 Å². The molecule has 4 aromatic rings. The molecule has 0 N–H and O–H groups in total. The molecule has 3 radical (unpaired) electrons. The summed E-state index contributed by atoms with van der Waals surface area (Å²) in [6, 6.07) is 9.07. The van der Waals surface area contributed by atoms with Crippen LogP contribution in [-0.2, 0) is 19.4 Å². The van der Waals surface area contributed by atoms with E-state index in [0.717, 1.165) is 23.0 Å². The van der Waals surface area contributed by atoms with E-state index in [2.05, 4.69) is 26.8 Å². The number of pyridine rings is 1. The van der Waals surface area contributed by atoms with Gasteiger partial charge in [0.2, 0.25) is 5.91 Å². The number of carbonyl (C=O) groups excluding carboxylic acids is 2. The third-order valence-electron chi connectivity index (χ3n) is 7.95. The average Bonchev–Trinajstić information content (AvgIpc) is 3.00. The molecule has 1 aliphatic rings. The first-order valence-corrected chi connectivity index (χ1v) is 17.2. The predicted molar refractivity (Wildman–Crippen MR) is 177 cm³/mol. The molecule has 0 spiro atoms. The predicted octanol–water partition coefficient (Wildman–Crippen LogP) is 3.72. The van der Waals surface area contributed by atoms with Crippen molar-refractivity contribution in [2.75, 3.05) is 30.8 Å². The molecular weight excluding hydrogens is 661 g/mol. The zero-order valence-corrected chi connectivity index (χ0v) is 28.7. The van der Waals surface area contributed by atoms with Crippen LogP contribution in [0, 0.1) is 24.5 Å². The molecule has 1 amide bonds. The number of hydrogen-bond donors (Lipinski definition) is 0. The number of halogens is 2. The summed E-state index contributed by atoms with van der Waals surface area (Å²) in [7, 11) is -0.227. The van der Waals surface area contributed by atoms with Crippen molar-refractivity contribution in [1.29, 1.82) is 0 Å². The lowest BCUT2D eigenvalue weighted by Crippen LogP contribution is -2.63. The number of fused-ring (bicyclic) bond motifs is 1. The Morgan fingerprint density at radius 1 is 1.10 bits per heavy atom. The van der Waals surface area contributed by atoms with E-state index < -0.39 is 55.5 Å². The van der Waals surface area contributed by atoms with Crippen LogP contribution in [0.1, 0.15) is 26.3 Å². The molecule has 2 aromatic carbocycles. The monoisotopic (exact) mass is 692 g/mol. The fraction of sp³-hybridized carbons (Fsp3) is 0.303. The molecular formula is C33H32F2N5O6SSi. The van der Waals surface area contributed by atoms with Crippen LogP contribution < -0.4 is 15.3 Å². The van der Waals surface area contributed by atoms with Gasteiger partial charge in [0.15, 0.2) is 21.3 Å². The Hall–Kier alpha value is -4.76. The molecule has 5 rings (SSSR count). The number of ether oxygens (including phenoxy) is 1. The second kappa shape index (κ2) is 12.7. The third kappa shape index (κ3) is 6.26. The van der Waals surface area contributed by atoms with Gasteiger partial charge in [0.25, 0.3) is 0 Å². The Kier molecular flexibility index (Phi) is 9.14. The highest BCUT2D eigenvalue weighted by Crippen LogP contribution is 2.38. The molecule has 11 nitrogen and oxygen atoms in total. The maximum Gasteiger partial charge on any atom is 0.355 e. The SMILES string of the molecule is C=CC(=O)N1CCN(c2nc(=O)n(-c3c(C)cccc3S(C)(=O)=O)c3nc(-c4c(F)cccc4OC(=O)C(C)C)c(F)cc23)[C@@](C)([Si])C1. The van der Waals surface area contributed by atoms with Crippen molar-refractivity contribution in [3.63, 3.8) is 0 Å². The number of sulfone groups is 1. The largest absolute Gasteiger partial charge is 0.425 e. The molecule has 0 unspecified atom stereocenters. The Morgan fingerprint density at radius 2 is 1.79 bits per heavy atom. The van der Waals surface area contributed by atoms with Gasteiger partial charge in [-0.05, 0) is 49.8 Å². The normalized spacial score (nSPS) is 16.8. The lowest BCUT2D eigenvalue weighted by molar-refractivity contribution is -0.137. The van der Waals surface area contributed by atoms with Crippen LogP contribution in [0.25, 0.3) is 28.0 Å². The molecule has 1 atom stereocenters. The van der Waals surface area contributed by atoms with Crippen molar-refractivity contribution in [1.82, 2.24) is 19.4 Å². The van der Waals surface area contributed by atoms with Gasteiger partial charge in [0, 0.05) is 31.1 Å². The van der Waals surface area contributed by atoms with E-state index >= 15 is 8.78 Å². The Morgan fingerprint density at radius 3 is 2.42 bits per heavy atom. The summed E-state index contributed by atoms with van der Waals surface area (Å²) in [5, 5.41) is -1.03. The zero-order chi connectivity index (χ0) is 35.3. The second-order valence-corrected chi connectivity index (χ2v) is 15.1. The van der Waals surface area contributed by atoms with Gasteiger partial charge in [-0.25, -0.2) is 31.5 Å². The van der Waals surface area contributed by atoms with Crippen molar-refractivity contribution in [3.8, 4) is 22.7 Å². The standard InChI is InChI=1S/C33H32F2N5O6SSi/c1-7-25(41)38-14-15-39(33(5,48)17-38)29-20-16-22(35)27(26-21(34)11-9-12-23(26)46-31(42)18(2)3)36-30(20)40(32(43)37-29)28-19(4)10-8-13-24(28)47(6,44)45/h7-13,16,18H,1,14-15,17H2,2-6H3/t33-/m0/s1. The van der Waals surface area contributed by atoms with Crippen molar-refractivity contribution < 1.29 is 31.5 Å². The van der Waals surface area contributed by atoms with E-state index in [-0.39, 0.29) is 58.7 Å². The van der Waals surface area contributed by atoms with E-state index in [1.165, 1.54) is 30.3 Å². The van der Waals surface area contributed by atoms with Crippen LogP contribution >= 0.6 is 0 Å². The molecule has 0 aliphatic carbocycles. The van der Waals surface area contributed by atoms with E-state index in [9.17, 15) is 22.8 Å². The molecule has 0 bridgehead atoms. The van der Waals surface area contributed by atoms with Crippen LogP contribution in [0.5, 0.6) is 5.75 Å². The van der Waals surface area contributed by atoms with Crippen LogP contribution in [0.15, 0.2) is 64.8 Å². The maximum absolute atomic E-state index is 16.3. The highest BCUT2D eigenvalue weighted by Gasteiger charge is 2.38. The minimum Gasteiger partial charge on any atom is -0.425 e. The Labute approximate surface area is 279 Å². The summed E-state index contributed by atoms with van der Waals surface area (Å²) >= 11 is 0. The Balaban J connectivity index is 1.88. The summed E-state index contributed by atoms with van der Waals surface area (Å²) < 4.78 is 64.2. The van der Waals surface area contributed by atoms with Crippen molar-refractivity contribution >= 4 is 48.8 Å². The van der Waals surface area contributed by atoms with E-state index in [1.807, 2.05) is 0 Å². The summed E-state index contributed by atoms with van der Waals surface area (Å²) in [5.41, 5.74) is -1.96. The molecule has 48 heavy (non-hydrogen) atoms. The summed E-state index contributed by atoms with van der Waals surface area (Å²) in [6.07, 6.45) is 2.16. The molecule has 249 valence electrons. The second-order valence-electron chi connectivity index (χ2n) is 12.0. The summed E-state index contributed by atoms with van der Waals surface area (Å²) in [5.74, 6) is -3.90. The molecule has 2 aromatic heterocycles. The van der Waals surface area contributed by atoms with Crippen molar-refractivity contribution in [2.45, 2.75) is 37.8 Å². The molecule has 1 saturated heterocycles. The quantitative estimate of drug-likeness (QED) is 0.123. The van der Waals surface area contributed by atoms with Gasteiger partial charge in [-0.1, -0.05) is 38.6 Å². The number of amides is 1. The smallest absolute Gasteiger partial charge is 0.355 e. The number of carbonyl (C=O) groups is 2. The first kappa shape index (κ1) is 34.6. The van der Waals surface area contributed by atoms with Crippen molar-refractivity contribution in [2.24, 2.45) is 5.92 Å². The maximum atomic E-state index is 16.3. The van der Waals surface area contributed by atoms with Gasteiger partial charge in [-0.15, -0.1) is 0 Å². The van der Waals surface area contributed by atoms with Crippen LogP contribution in [0.3, 0.4) is 0 Å². The topological polar surface area (TPSA) is 132 Å². The zero-order valence-electron chi connectivity index (χ0n) is 26.9. The molecule has 1 aliphatic heterocycles. The van der Waals surface area contributed by atoms with Gasteiger partial charge in [-0.3, -0.25) is 9.59 Å². The number of nitrogens with zero attached hydrogens (tertiary/aromatic N) is 5. The Bertz CT molecular complexity index is 2170. The fourth-order valence-electron chi connectivity index (χ4n) is 5.61. The number of piperazine rings is 1. The first-order valence-electron chi connectivity index (χ1n) is 14.8. The molecule has 0 saturated carbocycles. The number of rotatable bonds is 7. The number of para-hydroxylation sites is 1. The third-order valence-corrected chi connectivity index (χ3v) is 9.51. The van der Waals surface area contributed by atoms with Crippen molar-refractivity contribution in [3.05, 3.63) is 82.8 Å². The lowest BCUT2D eigenvalue weighted by Gasteiger charge is -2.47. The van der Waals surface area contributed by atoms with Gasteiger partial charge in [0.05, 0.1) is 37.7 Å². The molecule has 3 heterocycles. The minimum atomic E-state index is -3.93. The van der Waals surface area contributed by atoms with Gasteiger partial charge >= 0.3 is 11.7 Å². The molecule has 15 heteroatoms. The number of hydrogen-bond acceptors (Lipinski definition) is 9. The average molecular weight is 693 g/mol. The minimum absolute atomic E-state index is 0.0106. The van der Waals surface area contributed by atoms with E-state index in [4.69, 9.17) is 4.74 Å². The first-order chi connectivity index (χ1) is 22.5. The number of esters is 1. The number of aromatic nitrogens is 3. The van der Waals surface area contributed by atoms with E-state index in [0.29, 0.717) is 5.56 Å². The number of anilines is 1. The summed E-state index contributed by atoms with van der Waals surface area (Å²) in [6.45, 7) is 10.5. The van der Waals surface area contributed by atoms with Gasteiger partial charge in [0.1, 0.15) is 23.1 Å². The van der Waals surface area contributed by atoms with Gasteiger partial charge in [-0.2, -0.15) is 4.98 Å². The lowest BCUT2D eigenvalue weighted by atomic mass is 10.1. The van der Waals surface area contributed by atoms with E-state index in [1.54, 1.807) is 43.6 Å². The van der Waals surface area contributed by atoms with Crippen LogP contribution in [0.2, 0.25) is 0 Å². The highest BCUT2D eigenvalue weighted by molar-refractivity contribution is 7.90.